The molecule has 2 N–H and O–H groups in total. The highest BCUT2D eigenvalue weighted by atomic mass is 32.1. The lowest BCUT2D eigenvalue weighted by molar-refractivity contribution is -0.0344. The first-order chi connectivity index (χ1) is 16.8. The summed E-state index contributed by atoms with van der Waals surface area (Å²) in [6.45, 7) is 7.96. The summed E-state index contributed by atoms with van der Waals surface area (Å²) in [7, 11) is 1.65. The number of rotatable bonds is 9. The van der Waals surface area contributed by atoms with Crippen molar-refractivity contribution >= 4 is 29.2 Å². The number of pyridine rings is 1. The van der Waals surface area contributed by atoms with Gasteiger partial charge in [0.05, 0.1) is 11.3 Å². The van der Waals surface area contributed by atoms with Crippen molar-refractivity contribution < 1.29 is 19.5 Å². The van der Waals surface area contributed by atoms with Crippen molar-refractivity contribution in [3.05, 3.63) is 51.0 Å². The maximum atomic E-state index is 13.7. The van der Waals surface area contributed by atoms with Gasteiger partial charge in [-0.2, -0.15) is 11.3 Å². The molecule has 0 saturated carbocycles. The average molecular weight is 502 g/mol. The second kappa shape index (κ2) is 12.1. The quantitative estimate of drug-likeness (QED) is 0.539. The van der Waals surface area contributed by atoms with Crippen LogP contribution in [0.15, 0.2) is 22.9 Å². The average Bonchev–Trinajstić information content (AvgIpc) is 3.35. The van der Waals surface area contributed by atoms with Crippen LogP contribution in [0.1, 0.15) is 70.3 Å². The van der Waals surface area contributed by atoms with Gasteiger partial charge in [0.25, 0.3) is 5.91 Å². The Kier molecular flexibility index (Phi) is 9.22. The molecule has 0 unspecified atom stereocenters. The standard InChI is InChI=1S/C25H35N5O4S/c1-5-6-10-30(23(31)22-17(2)14-21(24(32)33)27-18(22)3)28-11-7-20(8-12-28)29(25(34)26-4)15-19-9-13-35-16-19/h9,13-14,16,20H,5-8,10-12,15H2,1-4H3,(H,26,34)(H,32,33). The monoisotopic (exact) mass is 501 g/mol. The molecule has 0 bridgehead atoms. The predicted octanol–water partition coefficient (Wildman–Crippen LogP) is 3.92. The number of urea groups is 1. The molecule has 1 aliphatic rings. The van der Waals surface area contributed by atoms with Crippen LogP contribution in [-0.2, 0) is 6.54 Å². The van der Waals surface area contributed by atoms with E-state index in [-0.39, 0.29) is 23.7 Å². The number of carboxylic acids is 1. The normalized spacial score (nSPS) is 14.5. The molecule has 9 nitrogen and oxygen atoms in total. The van der Waals surface area contributed by atoms with Crippen LogP contribution in [0.3, 0.4) is 0 Å². The largest absolute Gasteiger partial charge is 0.477 e. The van der Waals surface area contributed by atoms with Gasteiger partial charge < -0.3 is 15.3 Å². The number of carboxylic acid groups (broad SMARTS) is 1. The van der Waals surface area contributed by atoms with Gasteiger partial charge in [0, 0.05) is 39.3 Å². The lowest BCUT2D eigenvalue weighted by atomic mass is 10.0. The molecule has 0 aromatic carbocycles. The summed E-state index contributed by atoms with van der Waals surface area (Å²) in [6, 6.07) is 3.48. The minimum absolute atomic E-state index is 0.0580. The van der Waals surface area contributed by atoms with E-state index in [0.717, 1.165) is 31.2 Å². The van der Waals surface area contributed by atoms with Crippen molar-refractivity contribution in [2.24, 2.45) is 0 Å². The Balaban J connectivity index is 1.77. The van der Waals surface area contributed by atoms with Gasteiger partial charge in [-0.3, -0.25) is 9.80 Å². The smallest absolute Gasteiger partial charge is 0.354 e. The zero-order valence-electron chi connectivity index (χ0n) is 20.9. The number of amides is 3. The molecule has 10 heteroatoms. The molecule has 1 aliphatic heterocycles. The molecule has 0 spiro atoms. The molecular formula is C25H35N5O4S. The first-order valence-electron chi connectivity index (χ1n) is 12.0. The van der Waals surface area contributed by atoms with Crippen LogP contribution in [0.4, 0.5) is 4.79 Å². The van der Waals surface area contributed by atoms with Gasteiger partial charge in [-0.1, -0.05) is 13.3 Å². The van der Waals surface area contributed by atoms with Gasteiger partial charge in [-0.25, -0.2) is 19.6 Å². The van der Waals surface area contributed by atoms with Crippen LogP contribution >= 0.6 is 11.3 Å². The number of aryl methyl sites for hydroxylation is 2. The highest BCUT2D eigenvalue weighted by molar-refractivity contribution is 7.07. The number of nitrogens with one attached hydrogen (secondary N) is 1. The number of thiophene rings is 1. The fourth-order valence-corrected chi connectivity index (χ4v) is 5.23. The SMILES string of the molecule is CCCCN(C(=O)c1c(C)cc(C(=O)O)nc1C)N1CCC(N(Cc2ccsc2)C(=O)NC)CC1. The third kappa shape index (κ3) is 6.37. The summed E-state index contributed by atoms with van der Waals surface area (Å²) in [5, 5.41) is 20.0. The van der Waals surface area contributed by atoms with Gasteiger partial charge in [-0.05, 0) is 67.1 Å². The molecule has 1 fully saturated rings. The van der Waals surface area contributed by atoms with Crippen molar-refractivity contribution in [1.29, 1.82) is 0 Å². The summed E-state index contributed by atoms with van der Waals surface area (Å²) in [5.74, 6) is -1.26. The first kappa shape index (κ1) is 26.6. The molecule has 0 radical (unpaired) electrons. The minimum Gasteiger partial charge on any atom is -0.477 e. The number of carbonyl (C=O) groups excluding carboxylic acids is 2. The van der Waals surface area contributed by atoms with E-state index in [2.05, 4.69) is 27.6 Å². The molecule has 3 rings (SSSR count). The number of hydrogen-bond donors (Lipinski definition) is 2. The van der Waals surface area contributed by atoms with E-state index in [1.165, 1.54) is 6.07 Å². The van der Waals surface area contributed by atoms with Gasteiger partial charge in [0.1, 0.15) is 5.69 Å². The van der Waals surface area contributed by atoms with Crippen LogP contribution in [-0.4, -0.2) is 75.6 Å². The number of hydrazine groups is 1. The van der Waals surface area contributed by atoms with Gasteiger partial charge in [0.2, 0.25) is 0 Å². The van der Waals surface area contributed by atoms with E-state index in [4.69, 9.17) is 0 Å². The van der Waals surface area contributed by atoms with Gasteiger partial charge in [-0.15, -0.1) is 0 Å². The summed E-state index contributed by atoms with van der Waals surface area (Å²) in [6.07, 6.45) is 3.30. The minimum atomic E-state index is -1.11. The number of aromatic nitrogens is 1. The van der Waals surface area contributed by atoms with E-state index >= 15 is 0 Å². The molecular weight excluding hydrogens is 466 g/mol. The van der Waals surface area contributed by atoms with Crippen LogP contribution in [0.2, 0.25) is 0 Å². The molecule has 2 aromatic heterocycles. The van der Waals surface area contributed by atoms with Crippen molar-refractivity contribution in [2.75, 3.05) is 26.7 Å². The Morgan fingerprint density at radius 3 is 2.51 bits per heavy atom. The number of piperidine rings is 1. The Morgan fingerprint density at radius 2 is 1.97 bits per heavy atom. The predicted molar refractivity (Wildman–Crippen MR) is 136 cm³/mol. The molecule has 3 amide bonds. The fraction of sp³-hybridized carbons (Fsp3) is 0.520. The van der Waals surface area contributed by atoms with Crippen molar-refractivity contribution in [2.45, 2.75) is 59.0 Å². The first-order valence-corrected chi connectivity index (χ1v) is 13.0. The molecule has 3 heterocycles. The lowest BCUT2D eigenvalue weighted by Crippen LogP contribution is -2.55. The van der Waals surface area contributed by atoms with E-state index in [1.54, 1.807) is 37.2 Å². The van der Waals surface area contributed by atoms with Crippen LogP contribution < -0.4 is 5.32 Å². The Bertz CT molecular complexity index is 1010. The highest BCUT2D eigenvalue weighted by Gasteiger charge is 2.33. The summed E-state index contributed by atoms with van der Waals surface area (Å²) in [5.41, 5.74) is 2.54. The molecule has 35 heavy (non-hydrogen) atoms. The third-order valence-electron chi connectivity index (χ3n) is 6.42. The topological polar surface area (TPSA) is 106 Å². The Morgan fingerprint density at radius 1 is 1.26 bits per heavy atom. The zero-order valence-corrected chi connectivity index (χ0v) is 21.7. The van der Waals surface area contributed by atoms with E-state index < -0.39 is 5.97 Å². The molecule has 0 atom stereocenters. The number of nitrogens with zero attached hydrogens (tertiary/aromatic N) is 4. The van der Waals surface area contributed by atoms with Crippen LogP contribution in [0.5, 0.6) is 0 Å². The summed E-state index contributed by atoms with van der Waals surface area (Å²) in [4.78, 5) is 43.7. The second-order valence-corrected chi connectivity index (χ2v) is 9.65. The zero-order chi connectivity index (χ0) is 25.5. The third-order valence-corrected chi connectivity index (χ3v) is 7.15. The number of hydrogen-bond acceptors (Lipinski definition) is 6. The maximum Gasteiger partial charge on any atom is 0.354 e. The van der Waals surface area contributed by atoms with E-state index in [9.17, 15) is 19.5 Å². The maximum absolute atomic E-state index is 13.7. The van der Waals surface area contributed by atoms with Gasteiger partial charge >= 0.3 is 12.0 Å². The highest BCUT2D eigenvalue weighted by Crippen LogP contribution is 2.24. The molecule has 190 valence electrons. The van der Waals surface area contributed by atoms with Crippen LogP contribution in [0, 0.1) is 13.8 Å². The molecule has 2 aromatic rings. The van der Waals surface area contributed by atoms with Crippen LogP contribution in [0.25, 0.3) is 0 Å². The molecule has 0 aliphatic carbocycles. The molecule has 1 saturated heterocycles. The van der Waals surface area contributed by atoms with E-state index in [1.807, 2.05) is 16.3 Å². The van der Waals surface area contributed by atoms with Crippen molar-refractivity contribution in [3.63, 3.8) is 0 Å². The Hall–Kier alpha value is -2.98. The second-order valence-electron chi connectivity index (χ2n) is 8.87. The summed E-state index contributed by atoms with van der Waals surface area (Å²) < 4.78 is 0. The lowest BCUT2D eigenvalue weighted by Gasteiger charge is -2.43. The Labute approximate surface area is 210 Å². The summed E-state index contributed by atoms with van der Waals surface area (Å²) >= 11 is 1.62. The fourth-order valence-electron chi connectivity index (χ4n) is 4.57. The van der Waals surface area contributed by atoms with Gasteiger partial charge in [0.15, 0.2) is 0 Å². The van der Waals surface area contributed by atoms with Crippen molar-refractivity contribution in [3.8, 4) is 0 Å². The number of carbonyl (C=O) groups is 3. The van der Waals surface area contributed by atoms with E-state index in [0.29, 0.717) is 43.0 Å². The van der Waals surface area contributed by atoms with Crippen molar-refractivity contribution in [1.82, 2.24) is 25.2 Å². The number of unbranched alkanes of at least 4 members (excludes halogenated alkanes) is 1. The number of aromatic carboxylic acids is 1.